The molecule has 3 aromatic rings. The van der Waals surface area contributed by atoms with Crippen LogP contribution < -0.4 is 9.64 Å². The number of para-hydroxylation sites is 1. The lowest BCUT2D eigenvalue weighted by Crippen LogP contribution is -2.49. The van der Waals surface area contributed by atoms with Crippen LogP contribution >= 0.6 is 11.8 Å². The number of rotatable bonds is 13. The van der Waals surface area contributed by atoms with Gasteiger partial charge < -0.3 is 19.1 Å². The maximum Gasteiger partial charge on any atom is 0.233 e. The van der Waals surface area contributed by atoms with Gasteiger partial charge in [0.1, 0.15) is 12.4 Å². The van der Waals surface area contributed by atoms with E-state index < -0.39 is 0 Å². The Bertz CT molecular complexity index is 1160. The van der Waals surface area contributed by atoms with Crippen LogP contribution in [0.25, 0.3) is 0 Å². The normalized spacial score (nSPS) is 14.6. The van der Waals surface area contributed by atoms with E-state index in [9.17, 15) is 4.79 Å². The fourth-order valence-corrected chi connectivity index (χ4v) is 5.90. The summed E-state index contributed by atoms with van der Waals surface area (Å²) in [7, 11) is 0. The van der Waals surface area contributed by atoms with Crippen molar-refractivity contribution in [3.05, 3.63) is 66.0 Å². The predicted octanol–water partition coefficient (Wildman–Crippen LogP) is 6.25. The van der Waals surface area contributed by atoms with E-state index in [1.165, 1.54) is 29.4 Å². The van der Waals surface area contributed by atoms with Gasteiger partial charge in [-0.1, -0.05) is 75.7 Å². The molecule has 210 valence electrons. The second-order valence-corrected chi connectivity index (χ2v) is 11.7. The Labute approximate surface area is 237 Å². The zero-order valence-electron chi connectivity index (χ0n) is 23.9. The molecule has 1 aromatic heterocycles. The number of anilines is 1. The van der Waals surface area contributed by atoms with Crippen LogP contribution in [0, 0.1) is 5.92 Å². The van der Waals surface area contributed by atoms with Crippen molar-refractivity contribution < 1.29 is 9.53 Å². The van der Waals surface area contributed by atoms with Gasteiger partial charge in [-0.15, -0.1) is 10.2 Å². The minimum Gasteiger partial charge on any atom is -0.486 e. The average Bonchev–Trinajstić information content (AvgIpc) is 3.38. The number of thioether (sulfide) groups is 1. The van der Waals surface area contributed by atoms with Crippen LogP contribution in [-0.2, 0) is 17.8 Å². The molecule has 7 nitrogen and oxygen atoms in total. The first-order valence-electron chi connectivity index (χ1n) is 14.3. The number of hydrogen-bond acceptors (Lipinski definition) is 6. The lowest BCUT2D eigenvalue weighted by Gasteiger charge is -2.36. The maximum atomic E-state index is 13.1. The van der Waals surface area contributed by atoms with Crippen molar-refractivity contribution in [3.8, 4) is 5.75 Å². The van der Waals surface area contributed by atoms with E-state index in [1.54, 1.807) is 0 Å². The Hall–Kier alpha value is -3.00. The van der Waals surface area contributed by atoms with Crippen molar-refractivity contribution in [2.75, 3.05) is 36.8 Å². The molecule has 0 radical (unpaired) electrons. The summed E-state index contributed by atoms with van der Waals surface area (Å²) in [4.78, 5) is 17.4. The number of benzene rings is 2. The third-order valence-corrected chi connectivity index (χ3v) is 8.29. The average molecular weight is 550 g/mol. The molecule has 1 aliphatic heterocycles. The SMILES string of the molecule is CCc1ccc(OCc2nnc(SCC(=O)N3CCN(c4ccccc4)CC3)n2[C@H](C)CCCC(C)C)cc1. The third-order valence-electron chi connectivity index (χ3n) is 7.36. The number of hydrogen-bond donors (Lipinski definition) is 0. The third kappa shape index (κ3) is 8.24. The Morgan fingerprint density at radius 2 is 1.67 bits per heavy atom. The molecule has 1 atom stereocenters. The van der Waals surface area contributed by atoms with Gasteiger partial charge in [-0.05, 0) is 55.5 Å². The van der Waals surface area contributed by atoms with Crippen LogP contribution in [0.4, 0.5) is 5.69 Å². The molecule has 1 aliphatic rings. The molecule has 2 aromatic carbocycles. The van der Waals surface area contributed by atoms with E-state index in [0.29, 0.717) is 18.3 Å². The highest BCUT2D eigenvalue weighted by Gasteiger charge is 2.24. The standard InChI is InChI=1S/C31H43N5O2S/c1-5-26-14-16-28(17-15-26)38-22-29-32-33-31(36(29)25(4)11-9-10-24(2)3)39-23-30(37)35-20-18-34(19-21-35)27-12-7-6-8-13-27/h6-8,12-17,24-25H,5,9-11,18-23H2,1-4H3/t25-/m1/s1. The molecule has 0 saturated carbocycles. The lowest BCUT2D eigenvalue weighted by molar-refractivity contribution is -0.128. The van der Waals surface area contributed by atoms with Crippen LogP contribution in [-0.4, -0.2) is 57.5 Å². The second kappa shape index (κ2) is 14.4. The van der Waals surface area contributed by atoms with E-state index in [-0.39, 0.29) is 11.9 Å². The minimum atomic E-state index is 0.156. The van der Waals surface area contributed by atoms with Gasteiger partial charge in [0.2, 0.25) is 5.91 Å². The molecule has 1 amide bonds. The summed E-state index contributed by atoms with van der Waals surface area (Å²) in [5.41, 5.74) is 2.50. The van der Waals surface area contributed by atoms with Crippen molar-refractivity contribution in [1.29, 1.82) is 0 Å². The zero-order chi connectivity index (χ0) is 27.6. The Balaban J connectivity index is 1.37. The monoisotopic (exact) mass is 549 g/mol. The summed E-state index contributed by atoms with van der Waals surface area (Å²) in [6, 6.07) is 18.9. The van der Waals surface area contributed by atoms with E-state index in [0.717, 1.165) is 62.2 Å². The molecule has 39 heavy (non-hydrogen) atoms. The van der Waals surface area contributed by atoms with Crippen molar-refractivity contribution in [2.45, 2.75) is 71.2 Å². The van der Waals surface area contributed by atoms with Crippen LogP contribution in [0.1, 0.15) is 64.4 Å². The molecule has 0 spiro atoms. The Morgan fingerprint density at radius 3 is 2.33 bits per heavy atom. The first kappa shape index (κ1) is 29.0. The number of carbonyl (C=O) groups excluding carboxylic acids is 1. The quantitative estimate of drug-likeness (QED) is 0.235. The van der Waals surface area contributed by atoms with Gasteiger partial charge in [-0.25, -0.2) is 0 Å². The number of ether oxygens (including phenoxy) is 1. The van der Waals surface area contributed by atoms with Crippen LogP contribution in [0.3, 0.4) is 0 Å². The number of aromatic nitrogens is 3. The first-order chi connectivity index (χ1) is 18.9. The van der Waals surface area contributed by atoms with Crippen molar-refractivity contribution in [1.82, 2.24) is 19.7 Å². The first-order valence-corrected chi connectivity index (χ1v) is 15.3. The number of carbonyl (C=O) groups is 1. The van der Waals surface area contributed by atoms with Gasteiger partial charge in [-0.3, -0.25) is 4.79 Å². The molecule has 1 saturated heterocycles. The van der Waals surface area contributed by atoms with E-state index in [4.69, 9.17) is 4.74 Å². The highest BCUT2D eigenvalue weighted by molar-refractivity contribution is 7.99. The molecular weight excluding hydrogens is 506 g/mol. The van der Waals surface area contributed by atoms with Crippen molar-refractivity contribution in [3.63, 3.8) is 0 Å². The number of amides is 1. The fourth-order valence-electron chi connectivity index (χ4n) is 4.94. The fraction of sp³-hybridized carbons (Fsp3) is 0.516. The highest BCUT2D eigenvalue weighted by atomic mass is 32.2. The molecule has 4 rings (SSSR count). The molecule has 0 unspecified atom stereocenters. The Kier molecular flexibility index (Phi) is 10.7. The van der Waals surface area contributed by atoms with Gasteiger partial charge in [0.25, 0.3) is 0 Å². The summed E-state index contributed by atoms with van der Waals surface area (Å²) in [6.45, 7) is 12.4. The summed E-state index contributed by atoms with van der Waals surface area (Å²) < 4.78 is 8.28. The molecule has 8 heteroatoms. The Morgan fingerprint density at radius 1 is 0.949 bits per heavy atom. The number of nitrogens with zero attached hydrogens (tertiary/aromatic N) is 5. The zero-order valence-corrected chi connectivity index (χ0v) is 24.7. The smallest absolute Gasteiger partial charge is 0.233 e. The number of aryl methyl sites for hydroxylation is 1. The highest BCUT2D eigenvalue weighted by Crippen LogP contribution is 2.27. The van der Waals surface area contributed by atoms with E-state index in [1.807, 2.05) is 23.1 Å². The molecule has 0 aliphatic carbocycles. The van der Waals surface area contributed by atoms with Gasteiger partial charge in [-0.2, -0.15) is 0 Å². The molecule has 0 bridgehead atoms. The molecular formula is C31H43N5O2S. The van der Waals surface area contributed by atoms with Crippen LogP contribution in [0.15, 0.2) is 59.8 Å². The molecule has 0 N–H and O–H groups in total. The predicted molar refractivity (Wildman–Crippen MR) is 160 cm³/mol. The summed E-state index contributed by atoms with van der Waals surface area (Å²) in [5.74, 6) is 2.83. The molecule has 1 fully saturated rings. The minimum absolute atomic E-state index is 0.156. The van der Waals surface area contributed by atoms with Gasteiger partial charge in [0.15, 0.2) is 11.0 Å². The topological polar surface area (TPSA) is 63.5 Å². The maximum absolute atomic E-state index is 13.1. The van der Waals surface area contributed by atoms with Gasteiger partial charge in [0.05, 0.1) is 5.75 Å². The summed E-state index contributed by atoms with van der Waals surface area (Å²) in [6.07, 6.45) is 4.38. The van der Waals surface area contributed by atoms with Crippen molar-refractivity contribution in [2.24, 2.45) is 5.92 Å². The van der Waals surface area contributed by atoms with Gasteiger partial charge in [0, 0.05) is 37.9 Å². The van der Waals surface area contributed by atoms with Crippen LogP contribution in [0.5, 0.6) is 5.75 Å². The molecule has 2 heterocycles. The summed E-state index contributed by atoms with van der Waals surface area (Å²) >= 11 is 1.49. The van der Waals surface area contributed by atoms with Gasteiger partial charge >= 0.3 is 0 Å². The second-order valence-electron chi connectivity index (χ2n) is 10.7. The van der Waals surface area contributed by atoms with E-state index >= 15 is 0 Å². The van der Waals surface area contributed by atoms with Crippen LogP contribution in [0.2, 0.25) is 0 Å². The largest absolute Gasteiger partial charge is 0.486 e. The number of piperazine rings is 1. The van der Waals surface area contributed by atoms with Crippen molar-refractivity contribution >= 4 is 23.4 Å². The lowest BCUT2D eigenvalue weighted by atomic mass is 10.0. The van der Waals surface area contributed by atoms with E-state index in [2.05, 4.69) is 83.8 Å². The summed E-state index contributed by atoms with van der Waals surface area (Å²) in [5, 5.41) is 9.80.